The summed E-state index contributed by atoms with van der Waals surface area (Å²) in [6, 6.07) is 5.12. The largest absolute Gasteiger partial charge is 0.490 e. The van der Waals surface area contributed by atoms with Gasteiger partial charge >= 0.3 is 5.97 Å². The molecule has 1 N–H and O–H groups in total. The number of carboxylic acid groups (broad SMARTS) is 1. The number of aryl methyl sites for hydroxylation is 1. The number of hydrogen-bond acceptors (Lipinski definition) is 3. The maximum atomic E-state index is 11.1. The van der Waals surface area contributed by atoms with E-state index in [1.54, 1.807) is 12.1 Å². The predicted molar refractivity (Wildman–Crippen MR) is 62.6 cm³/mol. The van der Waals surface area contributed by atoms with Crippen LogP contribution in [0.3, 0.4) is 0 Å². The van der Waals surface area contributed by atoms with Crippen LogP contribution in [0.5, 0.6) is 5.75 Å². The lowest BCUT2D eigenvalue weighted by atomic mass is 10.1. The molecule has 0 aliphatic carbocycles. The molecule has 1 heterocycles. The van der Waals surface area contributed by atoms with E-state index in [-0.39, 0.29) is 11.7 Å². The van der Waals surface area contributed by atoms with Crippen molar-refractivity contribution in [1.82, 2.24) is 0 Å². The van der Waals surface area contributed by atoms with Crippen molar-refractivity contribution in [2.75, 3.05) is 13.2 Å². The molecule has 0 saturated carbocycles. The van der Waals surface area contributed by atoms with Gasteiger partial charge in [0.1, 0.15) is 17.9 Å². The summed E-state index contributed by atoms with van der Waals surface area (Å²) < 4.78 is 11.0. The number of para-hydroxylation sites is 1. The average molecular weight is 236 g/mol. The van der Waals surface area contributed by atoms with E-state index in [0.717, 1.165) is 25.0 Å². The summed E-state index contributed by atoms with van der Waals surface area (Å²) in [6.45, 7) is 3.04. The molecule has 4 heteroatoms. The Hall–Kier alpha value is -1.55. The van der Waals surface area contributed by atoms with Crippen molar-refractivity contribution in [2.45, 2.75) is 25.9 Å². The zero-order valence-electron chi connectivity index (χ0n) is 9.81. The van der Waals surface area contributed by atoms with E-state index in [0.29, 0.717) is 12.4 Å². The van der Waals surface area contributed by atoms with Crippen molar-refractivity contribution < 1.29 is 19.4 Å². The molecular formula is C13H16O4. The molecular weight excluding hydrogens is 220 g/mol. The molecule has 0 bridgehead atoms. The van der Waals surface area contributed by atoms with Crippen molar-refractivity contribution in [3.8, 4) is 5.75 Å². The maximum Gasteiger partial charge on any atom is 0.339 e. The summed E-state index contributed by atoms with van der Waals surface area (Å²) >= 11 is 0. The number of hydrogen-bond donors (Lipinski definition) is 1. The molecule has 2 rings (SSSR count). The van der Waals surface area contributed by atoms with E-state index < -0.39 is 5.97 Å². The Kier molecular flexibility index (Phi) is 3.64. The smallest absolute Gasteiger partial charge is 0.339 e. The van der Waals surface area contributed by atoms with Gasteiger partial charge in [-0.05, 0) is 31.4 Å². The van der Waals surface area contributed by atoms with Gasteiger partial charge in [0, 0.05) is 6.61 Å². The summed E-state index contributed by atoms with van der Waals surface area (Å²) in [5.74, 6) is -0.508. The molecule has 1 saturated heterocycles. The summed E-state index contributed by atoms with van der Waals surface area (Å²) in [4.78, 5) is 11.1. The number of carbonyl (C=O) groups is 1. The topological polar surface area (TPSA) is 55.8 Å². The van der Waals surface area contributed by atoms with Crippen molar-refractivity contribution in [1.29, 1.82) is 0 Å². The van der Waals surface area contributed by atoms with Gasteiger partial charge in [-0.15, -0.1) is 0 Å². The van der Waals surface area contributed by atoms with Crippen molar-refractivity contribution in [3.05, 3.63) is 29.3 Å². The molecule has 17 heavy (non-hydrogen) atoms. The third-order valence-corrected chi connectivity index (χ3v) is 2.88. The van der Waals surface area contributed by atoms with E-state index >= 15 is 0 Å². The molecule has 1 aromatic carbocycles. The molecule has 1 aliphatic heterocycles. The van der Waals surface area contributed by atoms with Gasteiger partial charge < -0.3 is 14.6 Å². The standard InChI is InChI=1S/C13H16O4/c1-9-4-2-6-11(13(14)15)12(9)17-8-10-5-3-7-16-10/h2,4,6,10H,3,5,7-8H2,1H3,(H,14,15). The normalized spacial score (nSPS) is 19.2. The predicted octanol–water partition coefficient (Wildman–Crippen LogP) is 2.25. The molecule has 0 spiro atoms. The highest BCUT2D eigenvalue weighted by Gasteiger charge is 2.19. The van der Waals surface area contributed by atoms with Crippen LogP contribution in [0.4, 0.5) is 0 Å². The Bertz CT molecular complexity index is 408. The van der Waals surface area contributed by atoms with Gasteiger partial charge in [-0.25, -0.2) is 4.79 Å². The van der Waals surface area contributed by atoms with Gasteiger partial charge in [0.15, 0.2) is 0 Å². The fourth-order valence-electron chi connectivity index (χ4n) is 1.96. The molecule has 1 aliphatic rings. The van der Waals surface area contributed by atoms with Gasteiger partial charge in [-0.2, -0.15) is 0 Å². The highest BCUT2D eigenvalue weighted by atomic mass is 16.5. The first-order chi connectivity index (χ1) is 8.18. The lowest BCUT2D eigenvalue weighted by Crippen LogP contribution is -2.18. The average Bonchev–Trinajstić information content (AvgIpc) is 2.80. The van der Waals surface area contributed by atoms with Gasteiger partial charge in [0.25, 0.3) is 0 Å². The lowest BCUT2D eigenvalue weighted by Gasteiger charge is -2.15. The molecule has 92 valence electrons. The van der Waals surface area contributed by atoms with Crippen molar-refractivity contribution >= 4 is 5.97 Å². The molecule has 1 unspecified atom stereocenters. The SMILES string of the molecule is Cc1cccc(C(=O)O)c1OCC1CCCO1. The Morgan fingerprint density at radius 3 is 3.06 bits per heavy atom. The third kappa shape index (κ3) is 2.77. The van der Waals surface area contributed by atoms with Crippen LogP contribution in [0.1, 0.15) is 28.8 Å². The fourth-order valence-corrected chi connectivity index (χ4v) is 1.96. The van der Waals surface area contributed by atoms with Crippen LogP contribution in [0.2, 0.25) is 0 Å². The first-order valence-electron chi connectivity index (χ1n) is 5.76. The first kappa shape index (κ1) is 11.9. The van der Waals surface area contributed by atoms with Crippen molar-refractivity contribution in [2.24, 2.45) is 0 Å². The summed E-state index contributed by atoms with van der Waals surface area (Å²) in [7, 11) is 0. The molecule has 0 radical (unpaired) electrons. The molecule has 4 nitrogen and oxygen atoms in total. The van der Waals surface area contributed by atoms with E-state index in [9.17, 15) is 4.79 Å². The van der Waals surface area contributed by atoms with Crippen LogP contribution in [-0.4, -0.2) is 30.4 Å². The van der Waals surface area contributed by atoms with Gasteiger partial charge in [0.05, 0.1) is 6.10 Å². The van der Waals surface area contributed by atoms with E-state index in [2.05, 4.69) is 0 Å². The highest BCUT2D eigenvalue weighted by Crippen LogP contribution is 2.24. The van der Waals surface area contributed by atoms with Crippen LogP contribution < -0.4 is 4.74 Å². The second-order valence-corrected chi connectivity index (χ2v) is 4.20. The fraction of sp³-hybridized carbons (Fsp3) is 0.462. The molecule has 1 aromatic rings. The van der Waals surface area contributed by atoms with Crippen LogP contribution in [0, 0.1) is 6.92 Å². The van der Waals surface area contributed by atoms with E-state index in [1.807, 2.05) is 13.0 Å². The zero-order valence-corrected chi connectivity index (χ0v) is 9.81. The summed E-state index contributed by atoms with van der Waals surface area (Å²) in [5.41, 5.74) is 1.05. The Morgan fingerprint density at radius 2 is 2.41 bits per heavy atom. The minimum absolute atomic E-state index is 0.0938. The maximum absolute atomic E-state index is 11.1. The minimum atomic E-state index is -0.962. The number of rotatable bonds is 4. The van der Waals surface area contributed by atoms with Crippen LogP contribution >= 0.6 is 0 Å². The molecule has 1 fully saturated rings. The highest BCUT2D eigenvalue weighted by molar-refractivity contribution is 5.91. The molecule has 1 atom stereocenters. The summed E-state index contributed by atoms with van der Waals surface area (Å²) in [6.07, 6.45) is 2.12. The minimum Gasteiger partial charge on any atom is -0.490 e. The quantitative estimate of drug-likeness (QED) is 0.871. The molecule has 0 amide bonds. The number of aromatic carboxylic acids is 1. The van der Waals surface area contributed by atoms with Crippen LogP contribution in [0.25, 0.3) is 0 Å². The first-order valence-corrected chi connectivity index (χ1v) is 5.76. The number of carboxylic acids is 1. The lowest BCUT2D eigenvalue weighted by molar-refractivity contribution is 0.0627. The van der Waals surface area contributed by atoms with Crippen LogP contribution in [0.15, 0.2) is 18.2 Å². The molecule has 0 aromatic heterocycles. The Morgan fingerprint density at radius 1 is 1.59 bits per heavy atom. The Balaban J connectivity index is 2.10. The second-order valence-electron chi connectivity index (χ2n) is 4.20. The van der Waals surface area contributed by atoms with Gasteiger partial charge in [-0.1, -0.05) is 12.1 Å². The number of benzene rings is 1. The van der Waals surface area contributed by atoms with Crippen LogP contribution in [-0.2, 0) is 4.74 Å². The Labute approximate surface area is 100 Å². The number of ether oxygens (including phenoxy) is 2. The third-order valence-electron chi connectivity index (χ3n) is 2.88. The van der Waals surface area contributed by atoms with Crippen molar-refractivity contribution in [3.63, 3.8) is 0 Å². The van der Waals surface area contributed by atoms with Gasteiger partial charge in [0.2, 0.25) is 0 Å². The summed E-state index contributed by atoms with van der Waals surface area (Å²) in [5, 5.41) is 9.07. The van der Waals surface area contributed by atoms with Gasteiger partial charge in [-0.3, -0.25) is 0 Å². The second kappa shape index (κ2) is 5.19. The van der Waals surface area contributed by atoms with E-state index in [4.69, 9.17) is 14.6 Å². The van der Waals surface area contributed by atoms with E-state index in [1.165, 1.54) is 0 Å². The zero-order chi connectivity index (χ0) is 12.3. The monoisotopic (exact) mass is 236 g/mol.